The summed E-state index contributed by atoms with van der Waals surface area (Å²) in [7, 11) is 0. The van der Waals surface area contributed by atoms with Crippen LogP contribution in [0.5, 0.6) is 0 Å². The maximum Gasteiger partial charge on any atom is 0.169 e. The molecule has 0 fully saturated rings. The molecule has 0 atom stereocenters. The van der Waals surface area contributed by atoms with Crippen molar-refractivity contribution in [3.63, 3.8) is 0 Å². The first-order chi connectivity index (χ1) is 6.81. The van der Waals surface area contributed by atoms with Crippen LogP contribution < -0.4 is 5.73 Å². The SMILES string of the molecule is CCc1c(N)nnn1Cc1ccco1. The van der Waals surface area contributed by atoms with Gasteiger partial charge in [-0.2, -0.15) is 0 Å². The Labute approximate surface area is 81.5 Å². The zero-order chi connectivity index (χ0) is 9.97. The summed E-state index contributed by atoms with van der Waals surface area (Å²) >= 11 is 0. The second kappa shape index (κ2) is 3.53. The van der Waals surface area contributed by atoms with Crippen molar-refractivity contribution in [2.24, 2.45) is 0 Å². The largest absolute Gasteiger partial charge is 0.467 e. The van der Waals surface area contributed by atoms with Crippen LogP contribution in [-0.4, -0.2) is 15.0 Å². The van der Waals surface area contributed by atoms with E-state index < -0.39 is 0 Å². The van der Waals surface area contributed by atoms with Gasteiger partial charge in [-0.15, -0.1) is 5.10 Å². The molecule has 2 aromatic heterocycles. The maximum absolute atomic E-state index is 5.66. The summed E-state index contributed by atoms with van der Waals surface area (Å²) in [5, 5.41) is 7.76. The van der Waals surface area contributed by atoms with Gasteiger partial charge in [0.25, 0.3) is 0 Å². The van der Waals surface area contributed by atoms with Crippen LogP contribution in [0.3, 0.4) is 0 Å². The summed E-state index contributed by atoms with van der Waals surface area (Å²) < 4.78 is 6.97. The Morgan fingerprint density at radius 2 is 2.43 bits per heavy atom. The second-order valence-electron chi connectivity index (χ2n) is 3.01. The molecule has 0 unspecified atom stereocenters. The van der Waals surface area contributed by atoms with E-state index in [-0.39, 0.29) is 0 Å². The van der Waals surface area contributed by atoms with Gasteiger partial charge in [0, 0.05) is 0 Å². The lowest BCUT2D eigenvalue weighted by atomic mass is 10.3. The smallest absolute Gasteiger partial charge is 0.169 e. The van der Waals surface area contributed by atoms with Gasteiger partial charge in [0.1, 0.15) is 12.3 Å². The lowest BCUT2D eigenvalue weighted by Gasteiger charge is -2.01. The van der Waals surface area contributed by atoms with Crippen LogP contribution in [0.1, 0.15) is 18.4 Å². The Kier molecular flexibility index (Phi) is 2.22. The molecule has 14 heavy (non-hydrogen) atoms. The number of nitrogen functional groups attached to an aromatic ring is 1. The summed E-state index contributed by atoms with van der Waals surface area (Å²) in [5.74, 6) is 1.35. The molecule has 0 saturated heterocycles. The van der Waals surface area contributed by atoms with Crippen molar-refractivity contribution in [3.8, 4) is 0 Å². The summed E-state index contributed by atoms with van der Waals surface area (Å²) in [6.45, 7) is 2.61. The van der Waals surface area contributed by atoms with Gasteiger partial charge in [0.05, 0.1) is 12.0 Å². The Morgan fingerprint density at radius 1 is 1.57 bits per heavy atom. The highest BCUT2D eigenvalue weighted by atomic mass is 16.3. The number of furan rings is 1. The molecule has 74 valence electrons. The van der Waals surface area contributed by atoms with Crippen LogP contribution in [0.15, 0.2) is 22.8 Å². The van der Waals surface area contributed by atoms with Crippen LogP contribution in [-0.2, 0) is 13.0 Å². The molecule has 2 rings (SSSR count). The molecule has 2 aromatic rings. The predicted octanol–water partition coefficient (Wildman–Crippen LogP) is 1.06. The fraction of sp³-hybridized carbons (Fsp3) is 0.333. The summed E-state index contributed by atoms with van der Waals surface area (Å²) in [6.07, 6.45) is 2.46. The van der Waals surface area contributed by atoms with E-state index in [1.165, 1.54) is 0 Å². The van der Waals surface area contributed by atoms with Gasteiger partial charge in [-0.25, -0.2) is 4.68 Å². The van der Waals surface area contributed by atoms with Gasteiger partial charge in [-0.3, -0.25) is 0 Å². The van der Waals surface area contributed by atoms with Gasteiger partial charge in [0.2, 0.25) is 0 Å². The molecule has 0 aliphatic carbocycles. The highest BCUT2D eigenvalue weighted by molar-refractivity contribution is 5.32. The van der Waals surface area contributed by atoms with E-state index in [9.17, 15) is 0 Å². The van der Waals surface area contributed by atoms with Crippen LogP contribution in [0.2, 0.25) is 0 Å². The quantitative estimate of drug-likeness (QED) is 0.789. The third-order valence-corrected chi connectivity index (χ3v) is 2.09. The van der Waals surface area contributed by atoms with Gasteiger partial charge in [-0.1, -0.05) is 12.1 Å². The highest BCUT2D eigenvalue weighted by Gasteiger charge is 2.08. The Hall–Kier alpha value is -1.78. The topological polar surface area (TPSA) is 69.9 Å². The molecule has 0 amide bonds. The van der Waals surface area contributed by atoms with Crippen molar-refractivity contribution in [2.45, 2.75) is 19.9 Å². The zero-order valence-corrected chi connectivity index (χ0v) is 7.97. The number of anilines is 1. The molecule has 0 saturated carbocycles. The standard InChI is InChI=1S/C9H12N4O/c1-2-8-9(10)11-12-13(8)6-7-4-3-5-14-7/h3-5H,2,6,10H2,1H3. The van der Waals surface area contributed by atoms with Crippen molar-refractivity contribution in [3.05, 3.63) is 29.9 Å². The van der Waals surface area contributed by atoms with E-state index in [2.05, 4.69) is 10.3 Å². The van der Waals surface area contributed by atoms with Crippen molar-refractivity contribution < 1.29 is 4.42 Å². The summed E-state index contributed by atoms with van der Waals surface area (Å²) in [4.78, 5) is 0. The third kappa shape index (κ3) is 1.48. The van der Waals surface area contributed by atoms with Gasteiger partial charge < -0.3 is 10.2 Å². The Balaban J connectivity index is 2.25. The number of nitrogens with two attached hydrogens (primary N) is 1. The van der Waals surface area contributed by atoms with E-state index in [0.717, 1.165) is 17.9 Å². The number of nitrogens with zero attached hydrogens (tertiary/aromatic N) is 3. The minimum atomic E-state index is 0.499. The average molecular weight is 192 g/mol. The monoisotopic (exact) mass is 192 g/mol. The Bertz CT molecular complexity index is 404. The van der Waals surface area contributed by atoms with Crippen LogP contribution in [0.25, 0.3) is 0 Å². The molecule has 0 aliphatic rings. The third-order valence-electron chi connectivity index (χ3n) is 2.09. The van der Waals surface area contributed by atoms with Gasteiger partial charge in [0.15, 0.2) is 5.82 Å². The Morgan fingerprint density at radius 3 is 3.07 bits per heavy atom. The molecular formula is C9H12N4O. The second-order valence-corrected chi connectivity index (χ2v) is 3.01. The van der Waals surface area contributed by atoms with Crippen LogP contribution in [0, 0.1) is 0 Å². The number of hydrogen-bond acceptors (Lipinski definition) is 4. The first-order valence-corrected chi connectivity index (χ1v) is 4.51. The normalized spacial score (nSPS) is 10.6. The van der Waals surface area contributed by atoms with E-state index in [0.29, 0.717) is 12.4 Å². The molecule has 5 nitrogen and oxygen atoms in total. The van der Waals surface area contributed by atoms with Crippen LogP contribution in [0.4, 0.5) is 5.82 Å². The summed E-state index contributed by atoms with van der Waals surface area (Å²) in [6, 6.07) is 3.75. The molecule has 2 heterocycles. The molecule has 5 heteroatoms. The first-order valence-electron chi connectivity index (χ1n) is 4.51. The molecular weight excluding hydrogens is 180 g/mol. The summed E-state index contributed by atoms with van der Waals surface area (Å²) in [5.41, 5.74) is 6.60. The molecule has 0 aliphatic heterocycles. The molecule has 2 N–H and O–H groups in total. The minimum Gasteiger partial charge on any atom is -0.467 e. The lowest BCUT2D eigenvalue weighted by molar-refractivity contribution is 0.469. The van der Waals surface area contributed by atoms with Gasteiger partial charge in [-0.05, 0) is 18.6 Å². The molecule has 0 spiro atoms. The fourth-order valence-corrected chi connectivity index (χ4v) is 1.39. The van der Waals surface area contributed by atoms with E-state index >= 15 is 0 Å². The molecule has 0 radical (unpaired) electrons. The van der Waals surface area contributed by atoms with Crippen molar-refractivity contribution in [1.82, 2.24) is 15.0 Å². The highest BCUT2D eigenvalue weighted by Crippen LogP contribution is 2.10. The van der Waals surface area contributed by atoms with Crippen molar-refractivity contribution in [1.29, 1.82) is 0 Å². The first kappa shape index (κ1) is 8.80. The average Bonchev–Trinajstić information content (AvgIpc) is 2.77. The molecule has 0 bridgehead atoms. The maximum atomic E-state index is 5.66. The number of aromatic nitrogens is 3. The van der Waals surface area contributed by atoms with Crippen LogP contribution >= 0.6 is 0 Å². The minimum absolute atomic E-state index is 0.499. The van der Waals surface area contributed by atoms with E-state index in [4.69, 9.17) is 10.2 Å². The van der Waals surface area contributed by atoms with E-state index in [1.807, 2.05) is 19.1 Å². The number of rotatable bonds is 3. The zero-order valence-electron chi connectivity index (χ0n) is 7.97. The van der Waals surface area contributed by atoms with Gasteiger partial charge >= 0.3 is 0 Å². The number of hydrogen-bond donors (Lipinski definition) is 1. The van der Waals surface area contributed by atoms with Crippen molar-refractivity contribution in [2.75, 3.05) is 5.73 Å². The predicted molar refractivity (Wildman–Crippen MR) is 51.6 cm³/mol. The van der Waals surface area contributed by atoms with Crippen molar-refractivity contribution >= 4 is 5.82 Å². The van der Waals surface area contributed by atoms with E-state index in [1.54, 1.807) is 10.9 Å². The lowest BCUT2D eigenvalue weighted by Crippen LogP contribution is -2.05. The molecule has 0 aromatic carbocycles. The fourth-order valence-electron chi connectivity index (χ4n) is 1.39.